The van der Waals surface area contributed by atoms with Crippen molar-refractivity contribution in [2.45, 2.75) is 19.0 Å². The predicted octanol–water partition coefficient (Wildman–Crippen LogP) is 3.15. The summed E-state index contributed by atoms with van der Waals surface area (Å²) in [6.07, 6.45) is 0. The molecule has 0 spiro atoms. The fourth-order valence-electron chi connectivity index (χ4n) is 2.19. The molecule has 0 saturated carbocycles. The molecule has 0 saturated heterocycles. The summed E-state index contributed by atoms with van der Waals surface area (Å²) >= 11 is 1.18. The fourth-order valence-corrected chi connectivity index (χ4v) is 2.88. The quantitative estimate of drug-likeness (QED) is 0.710. The van der Waals surface area contributed by atoms with E-state index >= 15 is 0 Å². The van der Waals surface area contributed by atoms with Crippen LogP contribution in [0.25, 0.3) is 5.69 Å². The second-order valence-corrected chi connectivity index (χ2v) is 6.43. The van der Waals surface area contributed by atoms with Gasteiger partial charge in [-0.1, -0.05) is 23.9 Å². The van der Waals surface area contributed by atoms with Crippen molar-refractivity contribution in [3.8, 4) is 5.69 Å². The van der Waals surface area contributed by atoms with Crippen molar-refractivity contribution in [2.24, 2.45) is 0 Å². The van der Waals surface area contributed by atoms with Crippen LogP contribution in [0.3, 0.4) is 0 Å². The van der Waals surface area contributed by atoms with Crippen LogP contribution >= 0.6 is 11.8 Å². The number of nitrogens with zero attached hydrogens (tertiary/aromatic N) is 4. The Morgan fingerprint density at radius 2 is 2.04 bits per heavy atom. The summed E-state index contributed by atoms with van der Waals surface area (Å²) in [5.74, 6) is -0.402. The molecule has 0 bridgehead atoms. The van der Waals surface area contributed by atoms with Gasteiger partial charge in [-0.25, -0.2) is 4.39 Å². The normalized spacial score (nSPS) is 10.7. The molecule has 1 N–H and O–H groups in total. The number of amides is 1. The second-order valence-electron chi connectivity index (χ2n) is 5.49. The smallest absolute Gasteiger partial charge is 0.234 e. The zero-order chi connectivity index (χ0) is 17.8. The third-order valence-electron chi connectivity index (χ3n) is 3.62. The second kappa shape index (κ2) is 7.43. The van der Waals surface area contributed by atoms with E-state index in [4.69, 9.17) is 0 Å². The molecule has 1 heterocycles. The number of tetrazole rings is 1. The van der Waals surface area contributed by atoms with Crippen LogP contribution in [-0.4, -0.2) is 31.9 Å². The first kappa shape index (κ1) is 17.1. The highest BCUT2D eigenvalue weighted by atomic mass is 32.2. The number of aromatic nitrogens is 4. The van der Waals surface area contributed by atoms with Gasteiger partial charge in [-0.2, -0.15) is 4.68 Å². The number of aryl methyl sites for hydroxylation is 2. The maximum atomic E-state index is 13.4. The third kappa shape index (κ3) is 4.21. The summed E-state index contributed by atoms with van der Waals surface area (Å²) in [6.45, 7) is 4.01. The van der Waals surface area contributed by atoms with E-state index in [1.807, 2.05) is 32.0 Å². The number of hydrogen-bond donors (Lipinski definition) is 1. The summed E-state index contributed by atoms with van der Waals surface area (Å²) in [5.41, 5.74) is 3.53. The fraction of sp³-hybridized carbons (Fsp3) is 0.176. The van der Waals surface area contributed by atoms with Crippen LogP contribution in [0.1, 0.15) is 11.1 Å². The summed E-state index contributed by atoms with van der Waals surface area (Å²) in [6, 6.07) is 11.7. The molecule has 8 heteroatoms. The van der Waals surface area contributed by atoms with E-state index in [0.29, 0.717) is 10.8 Å². The maximum Gasteiger partial charge on any atom is 0.234 e. The Kier molecular flexibility index (Phi) is 5.08. The SMILES string of the molecule is Cc1ccc(NC(=O)CSc2nnnn2-c2cccc(F)c2)cc1C. The summed E-state index contributed by atoms with van der Waals surface area (Å²) < 4.78 is 14.8. The topological polar surface area (TPSA) is 72.7 Å². The van der Waals surface area contributed by atoms with Crippen LogP contribution < -0.4 is 5.32 Å². The predicted molar refractivity (Wildman–Crippen MR) is 94.4 cm³/mol. The summed E-state index contributed by atoms with van der Waals surface area (Å²) in [5, 5.41) is 14.6. The Morgan fingerprint density at radius 1 is 1.20 bits per heavy atom. The van der Waals surface area contributed by atoms with Gasteiger partial charge in [0.15, 0.2) is 0 Å². The molecule has 1 amide bonds. The highest BCUT2D eigenvalue weighted by molar-refractivity contribution is 7.99. The van der Waals surface area contributed by atoms with Crippen molar-refractivity contribution in [2.75, 3.05) is 11.1 Å². The zero-order valence-electron chi connectivity index (χ0n) is 13.7. The molecule has 6 nitrogen and oxygen atoms in total. The molecule has 0 aliphatic rings. The maximum absolute atomic E-state index is 13.4. The van der Waals surface area contributed by atoms with Crippen LogP contribution in [-0.2, 0) is 4.79 Å². The van der Waals surface area contributed by atoms with Gasteiger partial charge in [-0.15, -0.1) is 5.10 Å². The molecular formula is C17H16FN5OS. The van der Waals surface area contributed by atoms with Crippen LogP contribution in [0, 0.1) is 19.7 Å². The molecule has 3 rings (SSSR count). The van der Waals surface area contributed by atoms with Gasteiger partial charge < -0.3 is 5.32 Å². The molecular weight excluding hydrogens is 341 g/mol. The minimum atomic E-state index is -0.378. The molecule has 0 unspecified atom stereocenters. The zero-order valence-corrected chi connectivity index (χ0v) is 14.5. The van der Waals surface area contributed by atoms with E-state index in [1.165, 1.54) is 34.1 Å². The van der Waals surface area contributed by atoms with Crippen LogP contribution in [0.2, 0.25) is 0 Å². The third-order valence-corrected chi connectivity index (χ3v) is 4.54. The van der Waals surface area contributed by atoms with Gasteiger partial charge >= 0.3 is 0 Å². The number of thioether (sulfide) groups is 1. The van der Waals surface area contributed by atoms with Crippen LogP contribution in [0.15, 0.2) is 47.6 Å². The molecule has 3 aromatic rings. The van der Waals surface area contributed by atoms with Crippen molar-refractivity contribution >= 4 is 23.4 Å². The van der Waals surface area contributed by atoms with Crippen molar-refractivity contribution in [1.29, 1.82) is 0 Å². The average Bonchev–Trinajstić information content (AvgIpc) is 3.05. The Labute approximate surface area is 148 Å². The first-order valence-electron chi connectivity index (χ1n) is 7.57. The van der Waals surface area contributed by atoms with Crippen molar-refractivity contribution in [3.63, 3.8) is 0 Å². The number of hydrogen-bond acceptors (Lipinski definition) is 5. The lowest BCUT2D eigenvalue weighted by Crippen LogP contribution is -2.14. The van der Waals surface area contributed by atoms with Crippen molar-refractivity contribution < 1.29 is 9.18 Å². The van der Waals surface area contributed by atoms with Gasteiger partial charge in [0, 0.05) is 5.69 Å². The Bertz CT molecular complexity index is 912. The summed E-state index contributed by atoms with van der Waals surface area (Å²) in [7, 11) is 0. The van der Waals surface area contributed by atoms with Gasteiger partial charge in [-0.3, -0.25) is 4.79 Å². The number of nitrogens with one attached hydrogen (secondary N) is 1. The van der Waals surface area contributed by atoms with Gasteiger partial charge in [-0.05, 0) is 65.7 Å². The molecule has 0 aliphatic heterocycles. The Hall–Kier alpha value is -2.74. The minimum Gasteiger partial charge on any atom is -0.325 e. The monoisotopic (exact) mass is 357 g/mol. The number of carbonyl (C=O) groups is 1. The van der Waals surface area contributed by atoms with Crippen LogP contribution in [0.5, 0.6) is 0 Å². The standard InChI is InChI=1S/C17H16FN5OS/c1-11-6-7-14(8-12(11)2)19-16(24)10-25-17-20-21-22-23(17)15-5-3-4-13(18)9-15/h3-9H,10H2,1-2H3,(H,19,24). The number of benzene rings is 2. The van der Waals surface area contributed by atoms with Crippen LogP contribution in [0.4, 0.5) is 10.1 Å². The Morgan fingerprint density at radius 3 is 2.80 bits per heavy atom. The first-order chi connectivity index (χ1) is 12.0. The molecule has 128 valence electrons. The highest BCUT2D eigenvalue weighted by Crippen LogP contribution is 2.19. The van der Waals surface area contributed by atoms with Gasteiger partial charge in [0.05, 0.1) is 11.4 Å². The lowest BCUT2D eigenvalue weighted by atomic mass is 10.1. The number of rotatable bonds is 5. The van der Waals surface area contributed by atoms with Gasteiger partial charge in [0.2, 0.25) is 11.1 Å². The summed E-state index contributed by atoms with van der Waals surface area (Å²) in [4.78, 5) is 12.1. The first-order valence-corrected chi connectivity index (χ1v) is 8.56. The molecule has 0 radical (unpaired) electrons. The van der Waals surface area contributed by atoms with Crippen molar-refractivity contribution in [3.05, 3.63) is 59.4 Å². The molecule has 2 aromatic carbocycles. The van der Waals surface area contributed by atoms with Crippen molar-refractivity contribution in [1.82, 2.24) is 20.2 Å². The molecule has 0 fully saturated rings. The Balaban J connectivity index is 1.65. The van der Waals surface area contributed by atoms with E-state index in [1.54, 1.807) is 12.1 Å². The lowest BCUT2D eigenvalue weighted by molar-refractivity contribution is -0.113. The molecule has 0 atom stereocenters. The van der Waals surface area contributed by atoms with E-state index in [2.05, 4.69) is 20.8 Å². The van der Waals surface area contributed by atoms with E-state index in [0.717, 1.165) is 11.3 Å². The largest absolute Gasteiger partial charge is 0.325 e. The number of anilines is 1. The van der Waals surface area contributed by atoms with Gasteiger partial charge in [0.25, 0.3) is 0 Å². The van der Waals surface area contributed by atoms with Gasteiger partial charge in [0.1, 0.15) is 5.82 Å². The molecule has 1 aromatic heterocycles. The highest BCUT2D eigenvalue weighted by Gasteiger charge is 2.12. The van der Waals surface area contributed by atoms with E-state index in [9.17, 15) is 9.18 Å². The number of carbonyl (C=O) groups excluding carboxylic acids is 1. The molecule has 25 heavy (non-hydrogen) atoms. The number of halogens is 1. The minimum absolute atomic E-state index is 0.141. The van der Waals surface area contributed by atoms with E-state index in [-0.39, 0.29) is 17.5 Å². The lowest BCUT2D eigenvalue weighted by Gasteiger charge is -2.08. The molecule has 0 aliphatic carbocycles. The average molecular weight is 357 g/mol. The van der Waals surface area contributed by atoms with E-state index < -0.39 is 0 Å².